The standard InChI is InChI=1S/C32H38N6O5S/c1-18(2)28(26-12-27(42-4)36-43-26)32(41)38-16-23(39)11-25(38)30-33-13-24(35-30)31(40)37(14-20-5-6-20)15-21-7-9-22(10-8-21)29-19(3)34-17-44-29/h7-10,12-13,17-18,20,23,25,28,39H,5-6,11,14-16H2,1-4H3,(H,33,35)/t23-,25+,28+/m1/s1. The molecule has 0 unspecified atom stereocenters. The molecule has 0 radical (unpaired) electrons. The first-order chi connectivity index (χ1) is 21.2. The summed E-state index contributed by atoms with van der Waals surface area (Å²) < 4.78 is 10.6. The average molecular weight is 619 g/mol. The van der Waals surface area contributed by atoms with Crippen molar-refractivity contribution >= 4 is 23.2 Å². The van der Waals surface area contributed by atoms with Gasteiger partial charge in [-0.1, -0.05) is 38.1 Å². The second-order valence-electron chi connectivity index (χ2n) is 12.2. The zero-order valence-corrected chi connectivity index (χ0v) is 26.2. The number of methoxy groups -OCH3 is 1. The molecule has 1 aromatic carbocycles. The molecule has 6 rings (SSSR count). The number of likely N-dealkylation sites (tertiary alicyclic amines) is 1. The van der Waals surface area contributed by atoms with Crippen LogP contribution in [0, 0.1) is 18.8 Å². The first-order valence-corrected chi connectivity index (χ1v) is 15.9. The molecule has 3 atom stereocenters. The summed E-state index contributed by atoms with van der Waals surface area (Å²) in [7, 11) is 1.49. The van der Waals surface area contributed by atoms with Gasteiger partial charge in [0.2, 0.25) is 5.91 Å². The molecule has 4 heterocycles. The quantitative estimate of drug-likeness (QED) is 0.241. The van der Waals surface area contributed by atoms with E-state index in [2.05, 4.69) is 44.4 Å². The van der Waals surface area contributed by atoms with Gasteiger partial charge in [0.25, 0.3) is 11.8 Å². The lowest BCUT2D eigenvalue weighted by Crippen LogP contribution is -2.37. The molecule has 11 nitrogen and oxygen atoms in total. The third-order valence-corrected chi connectivity index (χ3v) is 9.43. The van der Waals surface area contributed by atoms with Crippen LogP contribution in [0.1, 0.15) is 78.4 Å². The maximum atomic E-state index is 13.9. The van der Waals surface area contributed by atoms with Crippen LogP contribution in [-0.2, 0) is 11.3 Å². The fourth-order valence-electron chi connectivity index (χ4n) is 5.92. The second-order valence-corrected chi connectivity index (χ2v) is 13.0. The molecule has 0 bridgehead atoms. The van der Waals surface area contributed by atoms with E-state index >= 15 is 0 Å². The number of ether oxygens (including phenoxy) is 1. The van der Waals surface area contributed by atoms with Gasteiger partial charge < -0.3 is 29.2 Å². The SMILES string of the molecule is COc1cc([C@@H](C(=O)N2C[C@H](O)C[C@H]2c2nc(C(=O)N(Cc3ccc(-c4scnc4C)cc3)CC3CC3)c[nH]2)C(C)C)on1. The van der Waals surface area contributed by atoms with Crippen LogP contribution in [0.2, 0.25) is 0 Å². The van der Waals surface area contributed by atoms with Crippen molar-refractivity contribution in [3.05, 3.63) is 70.6 Å². The number of aryl methyl sites for hydroxylation is 1. The number of hydrogen-bond acceptors (Lipinski definition) is 9. The number of imidazole rings is 1. The molecule has 2 aliphatic rings. The molecule has 232 valence electrons. The highest BCUT2D eigenvalue weighted by molar-refractivity contribution is 7.13. The Balaban J connectivity index is 1.19. The van der Waals surface area contributed by atoms with Crippen LogP contribution in [-0.4, -0.2) is 73.1 Å². The largest absolute Gasteiger partial charge is 0.479 e. The monoisotopic (exact) mass is 618 g/mol. The highest BCUT2D eigenvalue weighted by Gasteiger charge is 2.42. The molecule has 1 aliphatic heterocycles. The maximum absolute atomic E-state index is 13.9. The number of aliphatic hydroxyl groups is 1. The Labute approximate surface area is 260 Å². The number of carbonyl (C=O) groups excluding carboxylic acids is 2. The van der Waals surface area contributed by atoms with Crippen molar-refractivity contribution in [2.45, 2.75) is 64.6 Å². The number of amides is 2. The van der Waals surface area contributed by atoms with Gasteiger partial charge in [-0.3, -0.25) is 9.59 Å². The van der Waals surface area contributed by atoms with Crippen LogP contribution < -0.4 is 4.74 Å². The van der Waals surface area contributed by atoms with Gasteiger partial charge >= 0.3 is 0 Å². The molecular formula is C32H38N6O5S. The van der Waals surface area contributed by atoms with Gasteiger partial charge in [0.15, 0.2) is 5.76 Å². The number of aromatic nitrogens is 4. The fraction of sp³-hybridized carbons (Fsp3) is 0.469. The van der Waals surface area contributed by atoms with Crippen LogP contribution in [0.25, 0.3) is 10.4 Å². The summed E-state index contributed by atoms with van der Waals surface area (Å²) in [5.74, 6) is 0.613. The van der Waals surface area contributed by atoms with E-state index in [0.717, 1.165) is 34.5 Å². The lowest BCUT2D eigenvalue weighted by Gasteiger charge is -2.28. The van der Waals surface area contributed by atoms with Gasteiger partial charge in [0.1, 0.15) is 17.4 Å². The Hall–Kier alpha value is -4.03. The number of carbonyl (C=O) groups is 2. The van der Waals surface area contributed by atoms with Crippen molar-refractivity contribution in [1.29, 1.82) is 0 Å². The van der Waals surface area contributed by atoms with E-state index in [4.69, 9.17) is 9.26 Å². The normalized spacial score (nSPS) is 19.0. The zero-order valence-electron chi connectivity index (χ0n) is 25.4. The van der Waals surface area contributed by atoms with Gasteiger partial charge in [-0.05, 0) is 47.9 Å². The fourth-order valence-corrected chi connectivity index (χ4v) is 6.73. The third kappa shape index (κ3) is 6.27. The molecule has 1 aliphatic carbocycles. The van der Waals surface area contributed by atoms with Crippen molar-refractivity contribution in [2.24, 2.45) is 11.8 Å². The predicted molar refractivity (Wildman–Crippen MR) is 164 cm³/mol. The van der Waals surface area contributed by atoms with E-state index in [1.54, 1.807) is 28.5 Å². The summed E-state index contributed by atoms with van der Waals surface area (Å²) in [6, 6.07) is 9.41. The summed E-state index contributed by atoms with van der Waals surface area (Å²) in [5, 5.41) is 14.5. The zero-order chi connectivity index (χ0) is 31.0. The molecule has 2 N–H and O–H groups in total. The summed E-state index contributed by atoms with van der Waals surface area (Å²) in [5.41, 5.74) is 5.32. The number of aromatic amines is 1. The Morgan fingerprint density at radius 3 is 2.66 bits per heavy atom. The van der Waals surface area contributed by atoms with E-state index in [-0.39, 0.29) is 24.3 Å². The van der Waals surface area contributed by atoms with Gasteiger partial charge in [-0.2, -0.15) is 0 Å². The molecule has 4 aromatic rings. The van der Waals surface area contributed by atoms with E-state index in [1.807, 2.05) is 31.2 Å². The van der Waals surface area contributed by atoms with E-state index in [0.29, 0.717) is 48.6 Å². The maximum Gasteiger partial charge on any atom is 0.274 e. The van der Waals surface area contributed by atoms with Crippen LogP contribution in [0.15, 0.2) is 46.6 Å². The second kappa shape index (κ2) is 12.5. The minimum absolute atomic E-state index is 0.0941. The lowest BCUT2D eigenvalue weighted by molar-refractivity contribution is -0.135. The smallest absolute Gasteiger partial charge is 0.274 e. The van der Waals surface area contributed by atoms with Crippen LogP contribution in [0.4, 0.5) is 0 Å². The van der Waals surface area contributed by atoms with Gasteiger partial charge in [0, 0.05) is 38.3 Å². The lowest BCUT2D eigenvalue weighted by atomic mass is 9.91. The minimum atomic E-state index is -0.714. The van der Waals surface area contributed by atoms with E-state index < -0.39 is 18.1 Å². The Bertz CT molecular complexity index is 1610. The molecule has 12 heteroatoms. The van der Waals surface area contributed by atoms with Crippen molar-refractivity contribution in [3.8, 4) is 16.3 Å². The highest BCUT2D eigenvalue weighted by atomic mass is 32.1. The Morgan fingerprint density at radius 1 is 1.25 bits per heavy atom. The Morgan fingerprint density at radius 2 is 2.02 bits per heavy atom. The number of thiazole rings is 1. The summed E-state index contributed by atoms with van der Waals surface area (Å²) in [6.45, 7) is 7.18. The van der Waals surface area contributed by atoms with Crippen molar-refractivity contribution in [3.63, 3.8) is 0 Å². The predicted octanol–water partition coefficient (Wildman–Crippen LogP) is 4.96. The number of hydrogen-bond donors (Lipinski definition) is 2. The summed E-state index contributed by atoms with van der Waals surface area (Å²) in [6.07, 6.45) is 3.44. The van der Waals surface area contributed by atoms with Crippen molar-refractivity contribution < 1.29 is 24.0 Å². The van der Waals surface area contributed by atoms with Gasteiger partial charge in [-0.25, -0.2) is 9.97 Å². The first kappa shape index (κ1) is 30.0. The van der Waals surface area contributed by atoms with Crippen LogP contribution >= 0.6 is 11.3 Å². The number of β-amino-alcohol motifs (C(OH)–C–C–N with tert-alkyl or cyclic N) is 1. The summed E-state index contributed by atoms with van der Waals surface area (Å²) in [4.78, 5) is 44.5. The number of nitrogens with one attached hydrogen (secondary N) is 1. The van der Waals surface area contributed by atoms with Gasteiger partial charge in [0.05, 0.1) is 35.3 Å². The minimum Gasteiger partial charge on any atom is -0.479 e. The number of aliphatic hydroxyl groups excluding tert-OH is 1. The molecule has 1 saturated heterocycles. The number of benzene rings is 1. The molecular weight excluding hydrogens is 580 g/mol. The molecule has 2 fully saturated rings. The first-order valence-electron chi connectivity index (χ1n) is 15.0. The van der Waals surface area contributed by atoms with Crippen molar-refractivity contribution in [2.75, 3.05) is 20.2 Å². The van der Waals surface area contributed by atoms with Crippen LogP contribution in [0.3, 0.4) is 0 Å². The number of rotatable bonds is 11. The highest BCUT2D eigenvalue weighted by Crippen LogP contribution is 2.37. The van der Waals surface area contributed by atoms with Crippen molar-refractivity contribution in [1.82, 2.24) is 29.9 Å². The number of H-pyrrole nitrogens is 1. The molecule has 0 spiro atoms. The van der Waals surface area contributed by atoms with Gasteiger partial charge in [-0.15, -0.1) is 11.3 Å². The average Bonchev–Trinajstić information content (AvgIpc) is 3.42. The van der Waals surface area contributed by atoms with Crippen LogP contribution in [0.5, 0.6) is 5.88 Å². The number of nitrogens with zero attached hydrogens (tertiary/aromatic N) is 5. The van der Waals surface area contributed by atoms with E-state index in [9.17, 15) is 14.7 Å². The molecule has 2 amide bonds. The third-order valence-electron chi connectivity index (χ3n) is 8.45. The van der Waals surface area contributed by atoms with E-state index in [1.165, 1.54) is 7.11 Å². The summed E-state index contributed by atoms with van der Waals surface area (Å²) >= 11 is 1.62. The Kier molecular flexibility index (Phi) is 8.55. The molecule has 1 saturated carbocycles. The topological polar surface area (TPSA) is 138 Å². The molecule has 3 aromatic heterocycles. The molecule has 44 heavy (non-hydrogen) atoms.